The van der Waals surface area contributed by atoms with Crippen LogP contribution in [0, 0.1) is 5.92 Å². The molecular formula is C12H19NO. The van der Waals surface area contributed by atoms with E-state index in [1.54, 1.807) is 0 Å². The molecule has 2 nitrogen and oxygen atoms in total. The summed E-state index contributed by atoms with van der Waals surface area (Å²) in [4.78, 5) is 11.4. The van der Waals surface area contributed by atoms with E-state index >= 15 is 0 Å². The number of hydrogen-bond donors (Lipinski definition) is 1. The molecule has 2 heteroatoms. The van der Waals surface area contributed by atoms with Gasteiger partial charge in [0.1, 0.15) is 0 Å². The second-order valence-corrected chi connectivity index (χ2v) is 4.04. The van der Waals surface area contributed by atoms with Gasteiger partial charge in [0, 0.05) is 12.1 Å². The third-order valence-electron chi connectivity index (χ3n) is 2.32. The van der Waals surface area contributed by atoms with Gasteiger partial charge in [0.25, 0.3) is 0 Å². The molecule has 0 aliphatic carbocycles. The van der Waals surface area contributed by atoms with Crippen molar-refractivity contribution in [1.82, 2.24) is 5.32 Å². The van der Waals surface area contributed by atoms with Crippen LogP contribution in [-0.2, 0) is 4.79 Å². The first-order valence-corrected chi connectivity index (χ1v) is 5.30. The van der Waals surface area contributed by atoms with E-state index in [0.717, 1.165) is 18.5 Å². The van der Waals surface area contributed by atoms with Crippen LogP contribution in [0.4, 0.5) is 0 Å². The minimum Gasteiger partial charge on any atom is -0.326 e. The van der Waals surface area contributed by atoms with Crippen LogP contribution in [0.25, 0.3) is 0 Å². The third-order valence-corrected chi connectivity index (χ3v) is 2.32. The summed E-state index contributed by atoms with van der Waals surface area (Å²) in [7, 11) is 0. The van der Waals surface area contributed by atoms with E-state index in [1.165, 1.54) is 5.57 Å². The van der Waals surface area contributed by atoms with Gasteiger partial charge in [0.15, 0.2) is 0 Å². The maximum Gasteiger partial charge on any atom is 0.224 e. The van der Waals surface area contributed by atoms with Crippen LogP contribution < -0.4 is 5.32 Å². The van der Waals surface area contributed by atoms with Crippen LogP contribution in [0.15, 0.2) is 23.4 Å². The van der Waals surface area contributed by atoms with Crippen LogP contribution in [-0.4, -0.2) is 5.91 Å². The van der Waals surface area contributed by atoms with Gasteiger partial charge in [0.2, 0.25) is 5.91 Å². The smallest absolute Gasteiger partial charge is 0.224 e. The van der Waals surface area contributed by atoms with Crippen molar-refractivity contribution in [1.29, 1.82) is 0 Å². The monoisotopic (exact) mass is 193 g/mol. The SMILES string of the molecule is C/C=C1/CCCC(=O)N/C1=C/C(C)C. The Bertz CT molecular complexity index is 274. The molecule has 0 radical (unpaired) electrons. The fraction of sp³-hybridized carbons (Fsp3) is 0.583. The molecule has 0 bridgehead atoms. The first-order chi connectivity index (χ1) is 6.63. The molecule has 0 atom stereocenters. The zero-order valence-corrected chi connectivity index (χ0v) is 9.26. The van der Waals surface area contributed by atoms with Gasteiger partial charge in [0.05, 0.1) is 0 Å². The van der Waals surface area contributed by atoms with Gasteiger partial charge in [-0.1, -0.05) is 26.0 Å². The number of hydrogen-bond acceptors (Lipinski definition) is 1. The molecule has 0 aromatic heterocycles. The number of amides is 1. The average molecular weight is 193 g/mol. The van der Waals surface area contributed by atoms with Crippen molar-refractivity contribution in [3.63, 3.8) is 0 Å². The van der Waals surface area contributed by atoms with Gasteiger partial charge in [-0.2, -0.15) is 0 Å². The molecule has 1 aliphatic heterocycles. The summed E-state index contributed by atoms with van der Waals surface area (Å²) in [6, 6.07) is 0. The van der Waals surface area contributed by atoms with Crippen molar-refractivity contribution in [2.75, 3.05) is 0 Å². The van der Waals surface area contributed by atoms with Crippen LogP contribution in [0.2, 0.25) is 0 Å². The lowest BCUT2D eigenvalue weighted by atomic mass is 10.0. The second-order valence-electron chi connectivity index (χ2n) is 4.04. The Morgan fingerprint density at radius 2 is 2.07 bits per heavy atom. The predicted molar refractivity (Wildman–Crippen MR) is 58.7 cm³/mol. The van der Waals surface area contributed by atoms with Gasteiger partial charge in [-0.25, -0.2) is 0 Å². The normalized spacial score (nSPS) is 24.1. The van der Waals surface area contributed by atoms with Gasteiger partial charge >= 0.3 is 0 Å². The van der Waals surface area contributed by atoms with Crippen molar-refractivity contribution in [3.8, 4) is 0 Å². The molecule has 1 N–H and O–H groups in total. The minimum absolute atomic E-state index is 0.147. The molecule has 1 aliphatic rings. The van der Waals surface area contributed by atoms with Gasteiger partial charge in [-0.3, -0.25) is 4.79 Å². The topological polar surface area (TPSA) is 29.1 Å². The van der Waals surface area contributed by atoms with Gasteiger partial charge in [-0.05, 0) is 31.3 Å². The summed E-state index contributed by atoms with van der Waals surface area (Å²) in [5.74, 6) is 0.618. The summed E-state index contributed by atoms with van der Waals surface area (Å²) in [6.45, 7) is 6.27. The Labute approximate surface area is 86.1 Å². The standard InChI is InChI=1S/C12H19NO/c1-4-10-6-5-7-12(14)13-11(10)8-9(2)3/h4,8-9H,5-7H2,1-3H3,(H,13,14)/b10-4-,11-8+. The Kier molecular flexibility index (Phi) is 3.93. The first-order valence-electron chi connectivity index (χ1n) is 5.30. The molecule has 1 heterocycles. The molecular weight excluding hydrogens is 174 g/mol. The zero-order chi connectivity index (χ0) is 10.6. The molecule has 0 spiro atoms. The highest BCUT2D eigenvalue weighted by molar-refractivity contribution is 5.79. The van der Waals surface area contributed by atoms with E-state index in [1.807, 2.05) is 6.92 Å². The van der Waals surface area contributed by atoms with Crippen LogP contribution >= 0.6 is 0 Å². The van der Waals surface area contributed by atoms with E-state index in [9.17, 15) is 4.79 Å². The minimum atomic E-state index is 0.147. The van der Waals surface area contributed by atoms with E-state index in [4.69, 9.17) is 0 Å². The Morgan fingerprint density at radius 1 is 1.36 bits per heavy atom. The number of rotatable bonds is 1. The maximum atomic E-state index is 11.4. The van der Waals surface area contributed by atoms with E-state index < -0.39 is 0 Å². The Morgan fingerprint density at radius 3 is 2.64 bits per heavy atom. The van der Waals surface area contributed by atoms with Crippen molar-refractivity contribution >= 4 is 5.91 Å². The van der Waals surface area contributed by atoms with Crippen molar-refractivity contribution in [2.45, 2.75) is 40.0 Å². The molecule has 0 aromatic carbocycles. The lowest BCUT2D eigenvalue weighted by molar-refractivity contribution is -0.120. The molecule has 14 heavy (non-hydrogen) atoms. The largest absolute Gasteiger partial charge is 0.326 e. The maximum absolute atomic E-state index is 11.4. The number of carbonyl (C=O) groups excluding carboxylic acids is 1. The summed E-state index contributed by atoms with van der Waals surface area (Å²) >= 11 is 0. The summed E-state index contributed by atoms with van der Waals surface area (Å²) in [5.41, 5.74) is 2.29. The van der Waals surface area contributed by atoms with E-state index in [-0.39, 0.29) is 5.91 Å². The van der Waals surface area contributed by atoms with Crippen molar-refractivity contribution < 1.29 is 4.79 Å². The van der Waals surface area contributed by atoms with Crippen LogP contribution in [0.5, 0.6) is 0 Å². The van der Waals surface area contributed by atoms with Crippen LogP contribution in [0.3, 0.4) is 0 Å². The third kappa shape index (κ3) is 3.02. The summed E-state index contributed by atoms with van der Waals surface area (Å²) in [6.07, 6.45) is 6.83. The zero-order valence-electron chi connectivity index (χ0n) is 9.26. The highest BCUT2D eigenvalue weighted by Gasteiger charge is 2.14. The fourth-order valence-electron chi connectivity index (χ4n) is 1.65. The molecule has 1 amide bonds. The molecule has 0 aromatic rings. The van der Waals surface area contributed by atoms with Crippen LogP contribution in [0.1, 0.15) is 40.0 Å². The quantitative estimate of drug-likeness (QED) is 0.681. The first kappa shape index (κ1) is 11.0. The van der Waals surface area contributed by atoms with Crippen molar-refractivity contribution in [2.24, 2.45) is 5.92 Å². The summed E-state index contributed by atoms with van der Waals surface area (Å²) < 4.78 is 0. The van der Waals surface area contributed by atoms with E-state index in [0.29, 0.717) is 12.3 Å². The second kappa shape index (κ2) is 4.99. The van der Waals surface area contributed by atoms with Crippen molar-refractivity contribution in [3.05, 3.63) is 23.4 Å². The number of carbonyl (C=O) groups is 1. The predicted octanol–water partition coefficient (Wildman–Crippen LogP) is 2.77. The number of allylic oxidation sites excluding steroid dienone is 3. The Balaban J connectivity index is 2.89. The van der Waals surface area contributed by atoms with E-state index in [2.05, 4.69) is 31.3 Å². The Hall–Kier alpha value is -1.05. The van der Waals surface area contributed by atoms with Gasteiger partial charge < -0.3 is 5.32 Å². The van der Waals surface area contributed by atoms with Gasteiger partial charge in [-0.15, -0.1) is 0 Å². The highest BCUT2D eigenvalue weighted by atomic mass is 16.1. The molecule has 0 saturated carbocycles. The molecule has 1 fully saturated rings. The summed E-state index contributed by atoms with van der Waals surface area (Å²) in [5, 5.41) is 2.97. The highest BCUT2D eigenvalue weighted by Crippen LogP contribution is 2.20. The molecule has 0 unspecified atom stereocenters. The average Bonchev–Trinajstić information content (AvgIpc) is 2.26. The molecule has 78 valence electrons. The lowest BCUT2D eigenvalue weighted by Crippen LogP contribution is -2.21. The number of nitrogens with one attached hydrogen (secondary N) is 1. The fourth-order valence-corrected chi connectivity index (χ4v) is 1.65. The molecule has 1 saturated heterocycles. The molecule has 1 rings (SSSR count). The lowest BCUT2D eigenvalue weighted by Gasteiger charge is -2.10.